The lowest BCUT2D eigenvalue weighted by Crippen LogP contribution is -2.10. The van der Waals surface area contributed by atoms with Crippen LogP contribution in [0.1, 0.15) is 59.7 Å². The van der Waals surface area contributed by atoms with E-state index in [9.17, 15) is 4.79 Å². The third-order valence-corrected chi connectivity index (χ3v) is 5.78. The summed E-state index contributed by atoms with van der Waals surface area (Å²) in [5, 5.41) is 1.18. The highest BCUT2D eigenvalue weighted by molar-refractivity contribution is 6.29. The monoisotopic (exact) mass is 439 g/mol. The molecule has 0 N–H and O–H groups in total. The summed E-state index contributed by atoms with van der Waals surface area (Å²) in [4.78, 5) is 17.4. The third kappa shape index (κ3) is 4.47. The van der Waals surface area contributed by atoms with Crippen molar-refractivity contribution in [2.45, 2.75) is 45.6 Å². The number of ether oxygens (including phenoxy) is 3. The van der Waals surface area contributed by atoms with E-state index in [2.05, 4.69) is 18.0 Å². The van der Waals surface area contributed by atoms with Crippen LogP contribution >= 0.6 is 11.6 Å². The van der Waals surface area contributed by atoms with Gasteiger partial charge in [0.1, 0.15) is 28.8 Å². The van der Waals surface area contributed by atoms with Crippen molar-refractivity contribution in [3.63, 3.8) is 0 Å². The van der Waals surface area contributed by atoms with Gasteiger partial charge in [0.15, 0.2) is 0 Å². The average Bonchev–Trinajstić information content (AvgIpc) is 3.62. The van der Waals surface area contributed by atoms with Crippen molar-refractivity contribution in [1.82, 2.24) is 4.98 Å². The fraction of sp³-hybridized carbons (Fsp3) is 0.360. The molecular weight excluding hydrogens is 414 g/mol. The van der Waals surface area contributed by atoms with Crippen molar-refractivity contribution in [3.05, 3.63) is 63.8 Å². The highest BCUT2D eigenvalue weighted by Gasteiger charge is 2.30. The van der Waals surface area contributed by atoms with Crippen LogP contribution in [-0.2, 0) is 17.8 Å². The number of aryl methyl sites for hydroxylation is 1. The fourth-order valence-electron chi connectivity index (χ4n) is 3.77. The van der Waals surface area contributed by atoms with E-state index >= 15 is 0 Å². The van der Waals surface area contributed by atoms with E-state index < -0.39 is 5.97 Å². The Balaban J connectivity index is 1.79. The molecule has 1 fully saturated rings. The number of fused-ring (bicyclic) bond motifs is 1. The first-order chi connectivity index (χ1) is 15.0. The maximum absolute atomic E-state index is 12.8. The van der Waals surface area contributed by atoms with Gasteiger partial charge >= 0.3 is 5.97 Å². The Bertz CT molecular complexity index is 1120. The number of nitrogens with zero attached hydrogens (tertiary/aromatic N) is 1. The SMILES string of the molecule is CCOC(=O)c1cc(C2CC2)c2nc(Cl)ccc2c1OCc1ccc(CC)cc1OC. The molecule has 5 nitrogen and oxygen atoms in total. The molecule has 162 valence electrons. The molecular formula is C25H26ClNO4. The number of carbonyl (C=O) groups excluding carboxylic acids is 1. The Kier molecular flexibility index (Phi) is 6.33. The van der Waals surface area contributed by atoms with Gasteiger partial charge in [-0.05, 0) is 67.5 Å². The number of rotatable bonds is 8. The second-order valence-electron chi connectivity index (χ2n) is 7.66. The predicted molar refractivity (Wildman–Crippen MR) is 121 cm³/mol. The van der Waals surface area contributed by atoms with Crippen molar-refractivity contribution in [2.75, 3.05) is 13.7 Å². The molecule has 0 saturated heterocycles. The van der Waals surface area contributed by atoms with Gasteiger partial charge in [0.2, 0.25) is 0 Å². The summed E-state index contributed by atoms with van der Waals surface area (Å²) in [6, 6.07) is 11.5. The van der Waals surface area contributed by atoms with Gasteiger partial charge in [0.05, 0.1) is 19.2 Å². The Morgan fingerprint density at radius 3 is 2.65 bits per heavy atom. The molecule has 1 saturated carbocycles. The molecule has 0 spiro atoms. The van der Waals surface area contributed by atoms with Crippen LogP contribution in [-0.4, -0.2) is 24.7 Å². The number of benzene rings is 2. The molecule has 1 aromatic heterocycles. The van der Waals surface area contributed by atoms with Crippen molar-refractivity contribution in [1.29, 1.82) is 0 Å². The fourth-order valence-corrected chi connectivity index (χ4v) is 3.92. The van der Waals surface area contributed by atoms with E-state index in [4.69, 9.17) is 25.8 Å². The largest absolute Gasteiger partial charge is 0.496 e. The summed E-state index contributed by atoms with van der Waals surface area (Å²) < 4.78 is 17.1. The van der Waals surface area contributed by atoms with E-state index in [-0.39, 0.29) is 6.61 Å². The van der Waals surface area contributed by atoms with Gasteiger partial charge in [-0.1, -0.05) is 30.7 Å². The number of carbonyl (C=O) groups is 1. The highest BCUT2D eigenvalue weighted by atomic mass is 35.5. The molecule has 0 bridgehead atoms. The maximum Gasteiger partial charge on any atom is 0.341 e. The molecule has 0 aliphatic heterocycles. The van der Waals surface area contributed by atoms with E-state index in [1.54, 1.807) is 20.1 Å². The van der Waals surface area contributed by atoms with Gasteiger partial charge in [0.25, 0.3) is 0 Å². The van der Waals surface area contributed by atoms with Gasteiger partial charge in [-0.2, -0.15) is 0 Å². The second-order valence-corrected chi connectivity index (χ2v) is 8.04. The number of hydrogen-bond acceptors (Lipinski definition) is 5. The summed E-state index contributed by atoms with van der Waals surface area (Å²) in [6.45, 7) is 4.44. The number of aromatic nitrogens is 1. The zero-order valence-electron chi connectivity index (χ0n) is 18.0. The van der Waals surface area contributed by atoms with Crippen LogP contribution in [0.5, 0.6) is 11.5 Å². The standard InChI is InChI=1S/C25H26ClNO4/c1-4-15-6-7-17(21(12-15)29-3)14-31-24-18-10-11-22(26)27-23(18)19(16-8-9-16)13-20(24)25(28)30-5-2/h6-7,10-13,16H,4-5,8-9,14H2,1-3H3. The van der Waals surface area contributed by atoms with Crippen LogP contribution in [0.3, 0.4) is 0 Å². The number of pyridine rings is 1. The third-order valence-electron chi connectivity index (χ3n) is 5.57. The van der Waals surface area contributed by atoms with Gasteiger partial charge in [-0.15, -0.1) is 0 Å². The van der Waals surface area contributed by atoms with Gasteiger partial charge in [0, 0.05) is 10.9 Å². The van der Waals surface area contributed by atoms with Crippen molar-refractivity contribution < 1.29 is 19.0 Å². The molecule has 2 aromatic carbocycles. The normalized spacial score (nSPS) is 13.3. The summed E-state index contributed by atoms with van der Waals surface area (Å²) in [5.41, 5.74) is 4.32. The van der Waals surface area contributed by atoms with Crippen LogP contribution in [0.15, 0.2) is 36.4 Å². The van der Waals surface area contributed by atoms with Crippen LogP contribution in [0.25, 0.3) is 10.9 Å². The van der Waals surface area contributed by atoms with E-state index in [1.165, 1.54) is 5.56 Å². The molecule has 0 atom stereocenters. The molecule has 6 heteroatoms. The highest BCUT2D eigenvalue weighted by Crippen LogP contribution is 2.46. The summed E-state index contributed by atoms with van der Waals surface area (Å²) >= 11 is 6.20. The lowest BCUT2D eigenvalue weighted by Gasteiger charge is -2.17. The molecule has 3 aromatic rings. The van der Waals surface area contributed by atoms with Crippen LogP contribution in [0.4, 0.5) is 0 Å². The number of methoxy groups -OCH3 is 1. The molecule has 31 heavy (non-hydrogen) atoms. The first kappa shape index (κ1) is 21.4. The lowest BCUT2D eigenvalue weighted by atomic mass is 10.00. The van der Waals surface area contributed by atoms with Crippen LogP contribution < -0.4 is 9.47 Å². The van der Waals surface area contributed by atoms with E-state index in [1.807, 2.05) is 24.3 Å². The summed E-state index contributed by atoms with van der Waals surface area (Å²) in [7, 11) is 1.65. The lowest BCUT2D eigenvalue weighted by molar-refractivity contribution is 0.0521. The van der Waals surface area contributed by atoms with Crippen molar-refractivity contribution in [2.24, 2.45) is 0 Å². The van der Waals surface area contributed by atoms with Crippen molar-refractivity contribution in [3.8, 4) is 11.5 Å². The zero-order chi connectivity index (χ0) is 22.0. The molecule has 0 radical (unpaired) electrons. The first-order valence-corrected chi connectivity index (χ1v) is 11.0. The minimum absolute atomic E-state index is 0.250. The Hall–Kier alpha value is -2.79. The number of hydrogen-bond donors (Lipinski definition) is 0. The minimum Gasteiger partial charge on any atom is -0.496 e. The molecule has 1 aliphatic carbocycles. The summed E-state index contributed by atoms with van der Waals surface area (Å²) in [5.74, 6) is 1.21. The van der Waals surface area contributed by atoms with Crippen molar-refractivity contribution >= 4 is 28.5 Å². The first-order valence-electron chi connectivity index (χ1n) is 10.6. The molecule has 1 aliphatic rings. The molecule has 4 rings (SSSR count). The van der Waals surface area contributed by atoms with Gasteiger partial charge < -0.3 is 14.2 Å². The Morgan fingerprint density at radius 1 is 1.16 bits per heavy atom. The second kappa shape index (κ2) is 9.15. The quantitative estimate of drug-likeness (QED) is 0.314. The minimum atomic E-state index is -0.399. The zero-order valence-corrected chi connectivity index (χ0v) is 18.8. The van der Waals surface area contributed by atoms with Gasteiger partial charge in [-0.3, -0.25) is 0 Å². The van der Waals surface area contributed by atoms with E-state index in [0.29, 0.717) is 29.0 Å². The van der Waals surface area contributed by atoms with Crippen LogP contribution in [0, 0.1) is 0 Å². The maximum atomic E-state index is 12.8. The number of halogens is 1. The topological polar surface area (TPSA) is 57.7 Å². The van der Waals surface area contributed by atoms with E-state index in [0.717, 1.165) is 47.0 Å². The summed E-state index contributed by atoms with van der Waals surface area (Å²) in [6.07, 6.45) is 3.07. The smallest absolute Gasteiger partial charge is 0.341 e. The number of esters is 1. The molecule has 0 amide bonds. The molecule has 0 unspecified atom stereocenters. The predicted octanol–water partition coefficient (Wildman–Crippen LogP) is 6.09. The molecule has 1 heterocycles. The Morgan fingerprint density at radius 2 is 1.97 bits per heavy atom. The van der Waals surface area contributed by atoms with Crippen LogP contribution in [0.2, 0.25) is 5.15 Å². The average molecular weight is 440 g/mol. The Labute approximate surface area is 187 Å². The van der Waals surface area contributed by atoms with Gasteiger partial charge in [-0.25, -0.2) is 9.78 Å².